The molecule has 0 bridgehead atoms. The van der Waals surface area contributed by atoms with E-state index in [0.29, 0.717) is 18.1 Å². The van der Waals surface area contributed by atoms with Crippen molar-refractivity contribution in [3.8, 4) is 11.4 Å². The highest BCUT2D eigenvalue weighted by molar-refractivity contribution is 5.98. The number of aliphatic hydroxyl groups is 1. The van der Waals surface area contributed by atoms with Crippen molar-refractivity contribution in [1.82, 2.24) is 30.6 Å². The summed E-state index contributed by atoms with van der Waals surface area (Å²) >= 11 is 0. The lowest BCUT2D eigenvalue weighted by Crippen LogP contribution is -2.30. The fourth-order valence-corrected chi connectivity index (χ4v) is 2.96. The number of aromatic nitrogens is 4. The lowest BCUT2D eigenvalue weighted by Gasteiger charge is -2.06. The minimum absolute atomic E-state index is 0.107. The molecule has 0 aliphatic carbocycles. The number of rotatable bonds is 5. The molecule has 0 saturated carbocycles. The lowest BCUT2D eigenvalue weighted by molar-refractivity contribution is 0.0931. The molecule has 150 valence electrons. The van der Waals surface area contributed by atoms with Gasteiger partial charge >= 0.3 is 0 Å². The van der Waals surface area contributed by atoms with Crippen molar-refractivity contribution >= 4 is 11.8 Å². The van der Waals surface area contributed by atoms with Crippen molar-refractivity contribution < 1.29 is 19.2 Å². The SMILES string of the molecule is Cc1ccc(-c2noc(CCNC(=O)c3cc4n(n3)C[C@H](O)CNC4=O)n2)cc1. The smallest absolute Gasteiger partial charge is 0.271 e. The quantitative estimate of drug-likeness (QED) is 0.565. The van der Waals surface area contributed by atoms with E-state index in [1.807, 2.05) is 31.2 Å². The van der Waals surface area contributed by atoms with Gasteiger partial charge in [-0.2, -0.15) is 10.1 Å². The Morgan fingerprint density at radius 3 is 2.97 bits per heavy atom. The van der Waals surface area contributed by atoms with E-state index in [1.54, 1.807) is 0 Å². The third kappa shape index (κ3) is 4.16. The molecule has 10 heteroatoms. The van der Waals surface area contributed by atoms with Crippen molar-refractivity contribution in [2.24, 2.45) is 0 Å². The zero-order valence-electron chi connectivity index (χ0n) is 15.8. The molecule has 29 heavy (non-hydrogen) atoms. The Morgan fingerprint density at radius 2 is 2.17 bits per heavy atom. The number of β-amino-alcohol motifs (C(OH)–C–C–N with tert-alkyl or cyclic N) is 1. The molecule has 3 aromatic rings. The molecule has 3 heterocycles. The van der Waals surface area contributed by atoms with Crippen LogP contribution in [0.1, 0.15) is 32.4 Å². The van der Waals surface area contributed by atoms with Crippen LogP contribution in [-0.2, 0) is 13.0 Å². The monoisotopic (exact) mass is 396 g/mol. The molecule has 10 nitrogen and oxygen atoms in total. The summed E-state index contributed by atoms with van der Waals surface area (Å²) in [5.41, 5.74) is 2.35. The highest BCUT2D eigenvalue weighted by Gasteiger charge is 2.24. The Bertz CT molecular complexity index is 1040. The number of hydrogen-bond acceptors (Lipinski definition) is 7. The van der Waals surface area contributed by atoms with Crippen LogP contribution in [0.15, 0.2) is 34.9 Å². The van der Waals surface area contributed by atoms with Crippen LogP contribution in [0.3, 0.4) is 0 Å². The summed E-state index contributed by atoms with van der Waals surface area (Å²) < 4.78 is 6.57. The average molecular weight is 396 g/mol. The topological polar surface area (TPSA) is 135 Å². The zero-order chi connectivity index (χ0) is 20.4. The first kappa shape index (κ1) is 18.8. The maximum absolute atomic E-state index is 12.3. The Balaban J connectivity index is 1.35. The Kier molecular flexibility index (Phi) is 5.09. The van der Waals surface area contributed by atoms with Gasteiger partial charge in [0.25, 0.3) is 11.8 Å². The predicted molar refractivity (Wildman–Crippen MR) is 101 cm³/mol. The van der Waals surface area contributed by atoms with Gasteiger partial charge in [0.15, 0.2) is 5.69 Å². The number of nitrogens with one attached hydrogen (secondary N) is 2. The molecule has 0 saturated heterocycles. The number of amides is 2. The van der Waals surface area contributed by atoms with Crippen molar-refractivity contribution in [3.63, 3.8) is 0 Å². The lowest BCUT2D eigenvalue weighted by atomic mass is 10.1. The fourth-order valence-electron chi connectivity index (χ4n) is 2.96. The Labute approximate surface area is 165 Å². The molecule has 4 rings (SSSR count). The second-order valence-corrected chi connectivity index (χ2v) is 6.84. The minimum atomic E-state index is -0.753. The van der Waals surface area contributed by atoms with E-state index >= 15 is 0 Å². The maximum atomic E-state index is 12.3. The predicted octanol–water partition coefficient (Wildman–Crippen LogP) is 0.318. The van der Waals surface area contributed by atoms with E-state index in [0.717, 1.165) is 11.1 Å². The molecule has 0 spiro atoms. The number of hydrogen-bond donors (Lipinski definition) is 3. The molecule has 1 atom stereocenters. The molecule has 3 N–H and O–H groups in total. The largest absolute Gasteiger partial charge is 0.389 e. The molecular weight excluding hydrogens is 376 g/mol. The molecule has 1 aromatic carbocycles. The second kappa shape index (κ2) is 7.84. The summed E-state index contributed by atoms with van der Waals surface area (Å²) in [4.78, 5) is 28.7. The number of benzene rings is 1. The van der Waals surface area contributed by atoms with Crippen LogP contribution in [-0.4, -0.2) is 56.0 Å². The van der Waals surface area contributed by atoms with Gasteiger partial charge in [0, 0.05) is 31.1 Å². The van der Waals surface area contributed by atoms with Crippen molar-refractivity contribution in [3.05, 3.63) is 53.2 Å². The van der Waals surface area contributed by atoms with E-state index in [-0.39, 0.29) is 36.9 Å². The summed E-state index contributed by atoms with van der Waals surface area (Å²) in [5, 5.41) is 23.1. The van der Waals surface area contributed by atoms with E-state index in [9.17, 15) is 14.7 Å². The summed E-state index contributed by atoms with van der Waals surface area (Å²) in [6.45, 7) is 2.57. The highest BCUT2D eigenvalue weighted by Crippen LogP contribution is 2.16. The zero-order valence-corrected chi connectivity index (χ0v) is 15.8. The first-order chi connectivity index (χ1) is 14.0. The molecule has 2 aromatic heterocycles. The van der Waals surface area contributed by atoms with E-state index in [4.69, 9.17) is 4.52 Å². The summed E-state index contributed by atoms with van der Waals surface area (Å²) in [6.07, 6.45) is -0.395. The molecule has 1 aliphatic heterocycles. The number of nitrogens with zero attached hydrogens (tertiary/aromatic N) is 4. The van der Waals surface area contributed by atoms with Gasteiger partial charge in [0.1, 0.15) is 5.69 Å². The van der Waals surface area contributed by atoms with Gasteiger partial charge in [-0.3, -0.25) is 14.3 Å². The third-order valence-electron chi connectivity index (χ3n) is 4.53. The van der Waals surface area contributed by atoms with Gasteiger partial charge in [-0.15, -0.1) is 0 Å². The first-order valence-electron chi connectivity index (χ1n) is 9.21. The minimum Gasteiger partial charge on any atom is -0.389 e. The summed E-state index contributed by atoms with van der Waals surface area (Å²) in [5.74, 6) is 0.103. The van der Waals surface area contributed by atoms with Gasteiger partial charge in [0.2, 0.25) is 11.7 Å². The number of carbonyl (C=O) groups excluding carboxylic acids is 2. The van der Waals surface area contributed by atoms with Crippen LogP contribution in [0.5, 0.6) is 0 Å². The van der Waals surface area contributed by atoms with Crippen molar-refractivity contribution in [2.75, 3.05) is 13.1 Å². The van der Waals surface area contributed by atoms with Crippen molar-refractivity contribution in [1.29, 1.82) is 0 Å². The molecule has 0 unspecified atom stereocenters. The number of aryl methyl sites for hydroxylation is 1. The van der Waals surface area contributed by atoms with Crippen LogP contribution in [0, 0.1) is 6.92 Å². The van der Waals surface area contributed by atoms with Crippen LogP contribution >= 0.6 is 0 Å². The molecule has 2 amide bonds. The average Bonchev–Trinajstić information content (AvgIpc) is 3.31. The first-order valence-corrected chi connectivity index (χ1v) is 9.21. The fraction of sp³-hybridized carbons (Fsp3) is 0.316. The van der Waals surface area contributed by atoms with E-state index in [2.05, 4.69) is 25.9 Å². The van der Waals surface area contributed by atoms with Crippen molar-refractivity contribution in [2.45, 2.75) is 26.0 Å². The second-order valence-electron chi connectivity index (χ2n) is 6.84. The summed E-state index contributed by atoms with van der Waals surface area (Å²) in [6, 6.07) is 9.18. The normalized spacial score (nSPS) is 16.1. The van der Waals surface area contributed by atoms with Crippen LogP contribution in [0.25, 0.3) is 11.4 Å². The van der Waals surface area contributed by atoms with Crippen LogP contribution in [0.4, 0.5) is 0 Å². The number of carbonyl (C=O) groups is 2. The molecule has 1 aliphatic rings. The standard InChI is InChI=1S/C19H20N6O4/c1-11-2-4-12(5-3-11)17-22-16(29-24-17)6-7-20-18(27)14-8-15-19(28)21-9-13(26)10-25(15)23-14/h2-5,8,13,26H,6-7,9-10H2,1H3,(H,20,27)(H,21,28)/t13-/m1/s1. The Hall–Kier alpha value is -3.53. The van der Waals surface area contributed by atoms with Crippen LogP contribution in [0.2, 0.25) is 0 Å². The highest BCUT2D eigenvalue weighted by atomic mass is 16.5. The van der Waals surface area contributed by atoms with Gasteiger partial charge < -0.3 is 20.3 Å². The van der Waals surface area contributed by atoms with Gasteiger partial charge in [-0.25, -0.2) is 0 Å². The third-order valence-corrected chi connectivity index (χ3v) is 4.53. The van der Waals surface area contributed by atoms with Gasteiger partial charge in [-0.05, 0) is 6.92 Å². The van der Waals surface area contributed by atoms with Gasteiger partial charge in [0.05, 0.1) is 12.6 Å². The maximum Gasteiger partial charge on any atom is 0.271 e. The van der Waals surface area contributed by atoms with E-state index < -0.39 is 12.0 Å². The Morgan fingerprint density at radius 1 is 1.38 bits per heavy atom. The van der Waals surface area contributed by atoms with Crippen LogP contribution < -0.4 is 10.6 Å². The van der Waals surface area contributed by atoms with Gasteiger partial charge in [-0.1, -0.05) is 35.0 Å². The molecule has 0 fully saturated rings. The summed E-state index contributed by atoms with van der Waals surface area (Å²) in [7, 11) is 0. The number of aliphatic hydroxyl groups excluding tert-OH is 1. The van der Waals surface area contributed by atoms with E-state index in [1.165, 1.54) is 10.7 Å². The molecular formula is C19H20N6O4. The molecule has 0 radical (unpaired) electrons. The number of fused-ring (bicyclic) bond motifs is 1.